The average Bonchev–Trinajstić information content (AvgIpc) is 2.70. The Morgan fingerprint density at radius 2 is 2.00 bits per heavy atom. The molecule has 2 heterocycles. The van der Waals surface area contributed by atoms with E-state index in [2.05, 4.69) is 4.98 Å². The molecule has 108 valence electrons. The predicted octanol–water partition coefficient (Wildman–Crippen LogP) is 3.03. The number of rotatable bonds is 3. The minimum atomic E-state index is -3.45. The molecule has 0 amide bonds. The summed E-state index contributed by atoms with van der Waals surface area (Å²) in [7, 11) is -1.95. The third-order valence-electron chi connectivity index (χ3n) is 3.23. The first-order chi connectivity index (χ1) is 10.0. The number of ether oxygens (including phenoxy) is 2. The lowest BCUT2D eigenvalue weighted by atomic mass is 10.2. The van der Waals surface area contributed by atoms with Crippen molar-refractivity contribution in [2.24, 2.45) is 0 Å². The maximum Gasteiger partial charge on any atom is 0.203 e. The Kier molecular flexibility index (Phi) is 3.17. The van der Waals surface area contributed by atoms with E-state index in [1.54, 1.807) is 43.6 Å². The van der Waals surface area contributed by atoms with Crippen molar-refractivity contribution in [1.82, 2.24) is 4.98 Å². The van der Waals surface area contributed by atoms with E-state index in [9.17, 15) is 8.42 Å². The van der Waals surface area contributed by atoms with Gasteiger partial charge in [-0.1, -0.05) is 0 Å². The summed E-state index contributed by atoms with van der Waals surface area (Å²) in [6.45, 7) is 1.57. The van der Waals surface area contributed by atoms with Gasteiger partial charge in [0, 0.05) is 28.8 Å². The molecule has 0 saturated carbocycles. The number of methoxy groups -OCH3 is 1. The molecule has 0 unspecified atom stereocenters. The maximum absolute atomic E-state index is 12.3. The second-order valence-electron chi connectivity index (χ2n) is 4.59. The van der Waals surface area contributed by atoms with E-state index in [0.29, 0.717) is 27.7 Å². The molecule has 2 aromatic rings. The van der Waals surface area contributed by atoms with Crippen LogP contribution in [-0.2, 0) is 9.84 Å². The average molecular weight is 303 g/mol. The summed E-state index contributed by atoms with van der Waals surface area (Å²) >= 11 is 0. The van der Waals surface area contributed by atoms with Gasteiger partial charge in [-0.05, 0) is 25.1 Å². The van der Waals surface area contributed by atoms with Crippen molar-refractivity contribution >= 4 is 15.9 Å². The molecule has 21 heavy (non-hydrogen) atoms. The minimum Gasteiger partial charge on any atom is -0.496 e. The van der Waals surface area contributed by atoms with E-state index in [-0.39, 0.29) is 4.90 Å². The van der Waals surface area contributed by atoms with Crippen LogP contribution < -0.4 is 9.47 Å². The first-order valence-corrected chi connectivity index (χ1v) is 7.74. The van der Waals surface area contributed by atoms with Crippen LogP contribution in [0.1, 0.15) is 12.5 Å². The summed E-state index contributed by atoms with van der Waals surface area (Å²) in [5.41, 5.74) is 0.563. The highest BCUT2D eigenvalue weighted by Crippen LogP contribution is 2.41. The Bertz CT molecular complexity index is 826. The van der Waals surface area contributed by atoms with Crippen molar-refractivity contribution in [2.75, 3.05) is 7.11 Å². The topological polar surface area (TPSA) is 65.5 Å². The number of pyridine rings is 1. The van der Waals surface area contributed by atoms with Crippen molar-refractivity contribution in [3.8, 4) is 17.2 Å². The van der Waals surface area contributed by atoms with Gasteiger partial charge in [0.15, 0.2) is 0 Å². The molecule has 0 atom stereocenters. The van der Waals surface area contributed by atoms with Crippen molar-refractivity contribution in [2.45, 2.75) is 11.8 Å². The molecule has 0 spiro atoms. The van der Waals surface area contributed by atoms with Crippen LogP contribution in [0.5, 0.6) is 17.2 Å². The van der Waals surface area contributed by atoms with Gasteiger partial charge in [-0.2, -0.15) is 0 Å². The lowest BCUT2D eigenvalue weighted by molar-refractivity contribution is 0.406. The van der Waals surface area contributed by atoms with Crippen LogP contribution in [-0.4, -0.2) is 20.5 Å². The standard InChI is InChI=1S/C15H13NO4S/c1-10-6-13-14(19-2)7-12(8-15(13)21(10,17)18)20-11-4-3-5-16-9-11/h3-9H,1-2H3. The molecule has 1 aromatic carbocycles. The Labute approximate surface area is 122 Å². The van der Waals surface area contributed by atoms with E-state index in [1.807, 2.05) is 0 Å². The van der Waals surface area contributed by atoms with Gasteiger partial charge >= 0.3 is 0 Å². The SMILES string of the molecule is COc1cc(Oc2cccnc2)cc2c1C=C(C)S2(=O)=O. The summed E-state index contributed by atoms with van der Waals surface area (Å²) in [5, 5.41) is 0. The fourth-order valence-electron chi connectivity index (χ4n) is 2.17. The molecule has 0 bridgehead atoms. The number of allylic oxidation sites excluding steroid dienone is 1. The normalized spacial score (nSPS) is 15.2. The Balaban J connectivity index is 2.10. The monoisotopic (exact) mass is 303 g/mol. The lowest BCUT2D eigenvalue weighted by Crippen LogP contribution is -2.00. The number of sulfone groups is 1. The van der Waals surface area contributed by atoms with Crippen molar-refractivity contribution in [3.05, 3.63) is 47.1 Å². The number of nitrogens with zero attached hydrogens (tertiary/aromatic N) is 1. The molecule has 1 aliphatic rings. The molecule has 0 radical (unpaired) electrons. The fraction of sp³-hybridized carbons (Fsp3) is 0.133. The van der Waals surface area contributed by atoms with Gasteiger partial charge in [0.2, 0.25) is 9.84 Å². The van der Waals surface area contributed by atoms with Gasteiger partial charge < -0.3 is 9.47 Å². The summed E-state index contributed by atoms with van der Waals surface area (Å²) in [6.07, 6.45) is 4.79. The molecule has 1 aromatic heterocycles. The molecule has 0 fully saturated rings. The third-order valence-corrected chi connectivity index (χ3v) is 5.11. The molecule has 1 aliphatic heterocycles. The molecule has 6 heteroatoms. The summed E-state index contributed by atoms with van der Waals surface area (Å²) < 4.78 is 35.4. The summed E-state index contributed by atoms with van der Waals surface area (Å²) in [5.74, 6) is 1.39. The van der Waals surface area contributed by atoms with Crippen molar-refractivity contribution < 1.29 is 17.9 Å². The fourth-order valence-corrected chi connectivity index (χ4v) is 3.51. The number of hydrogen-bond acceptors (Lipinski definition) is 5. The molecule has 5 nitrogen and oxygen atoms in total. The van der Waals surface area contributed by atoms with E-state index < -0.39 is 9.84 Å². The van der Waals surface area contributed by atoms with Gasteiger partial charge in [-0.3, -0.25) is 4.98 Å². The zero-order valence-electron chi connectivity index (χ0n) is 11.5. The molecule has 0 N–H and O–H groups in total. The first kappa shape index (κ1) is 13.6. The molecular weight excluding hydrogens is 290 g/mol. The maximum atomic E-state index is 12.3. The lowest BCUT2D eigenvalue weighted by Gasteiger charge is -2.11. The minimum absolute atomic E-state index is 0.207. The van der Waals surface area contributed by atoms with E-state index >= 15 is 0 Å². The Morgan fingerprint density at radius 1 is 1.19 bits per heavy atom. The quantitative estimate of drug-likeness (QED) is 0.872. The predicted molar refractivity (Wildman–Crippen MR) is 78.1 cm³/mol. The zero-order chi connectivity index (χ0) is 15.0. The smallest absolute Gasteiger partial charge is 0.203 e. The third kappa shape index (κ3) is 2.27. The van der Waals surface area contributed by atoms with Crippen LogP contribution in [0.2, 0.25) is 0 Å². The van der Waals surface area contributed by atoms with Crippen LogP contribution in [0.25, 0.3) is 6.08 Å². The highest BCUT2D eigenvalue weighted by Gasteiger charge is 2.30. The summed E-state index contributed by atoms with van der Waals surface area (Å²) in [6, 6.07) is 6.65. The van der Waals surface area contributed by atoms with Gasteiger partial charge in [0.25, 0.3) is 0 Å². The first-order valence-electron chi connectivity index (χ1n) is 6.25. The second-order valence-corrected chi connectivity index (χ2v) is 6.68. The Hall–Kier alpha value is -2.34. The summed E-state index contributed by atoms with van der Waals surface area (Å²) in [4.78, 5) is 4.46. The molecule has 0 saturated heterocycles. The molecule has 3 rings (SSSR count). The van der Waals surface area contributed by atoms with Crippen LogP contribution in [0.15, 0.2) is 46.5 Å². The van der Waals surface area contributed by atoms with Crippen LogP contribution >= 0.6 is 0 Å². The second kappa shape index (κ2) is 4.89. The Morgan fingerprint density at radius 3 is 2.67 bits per heavy atom. The highest BCUT2D eigenvalue weighted by molar-refractivity contribution is 7.95. The zero-order valence-corrected chi connectivity index (χ0v) is 12.3. The van der Waals surface area contributed by atoms with Crippen molar-refractivity contribution in [3.63, 3.8) is 0 Å². The van der Waals surface area contributed by atoms with Crippen LogP contribution in [0, 0.1) is 0 Å². The van der Waals surface area contributed by atoms with Gasteiger partial charge in [0.05, 0.1) is 18.2 Å². The van der Waals surface area contributed by atoms with Gasteiger partial charge in [0.1, 0.15) is 17.2 Å². The number of fused-ring (bicyclic) bond motifs is 1. The molecular formula is C15H13NO4S. The van der Waals surface area contributed by atoms with E-state index in [0.717, 1.165) is 0 Å². The number of benzene rings is 1. The number of hydrogen-bond donors (Lipinski definition) is 0. The van der Waals surface area contributed by atoms with Gasteiger partial charge in [-0.25, -0.2) is 8.42 Å². The van der Waals surface area contributed by atoms with E-state index in [4.69, 9.17) is 9.47 Å². The van der Waals surface area contributed by atoms with Crippen LogP contribution in [0.3, 0.4) is 0 Å². The molecule has 0 aliphatic carbocycles. The van der Waals surface area contributed by atoms with E-state index in [1.165, 1.54) is 13.2 Å². The number of aromatic nitrogens is 1. The van der Waals surface area contributed by atoms with Crippen LogP contribution in [0.4, 0.5) is 0 Å². The highest BCUT2D eigenvalue weighted by atomic mass is 32.2. The largest absolute Gasteiger partial charge is 0.496 e. The van der Waals surface area contributed by atoms with Crippen molar-refractivity contribution in [1.29, 1.82) is 0 Å². The van der Waals surface area contributed by atoms with Gasteiger partial charge in [-0.15, -0.1) is 0 Å².